The number of hydrogen-bond acceptors (Lipinski definition) is 2. The minimum Gasteiger partial charge on any atom is -0.292 e. The highest BCUT2D eigenvalue weighted by molar-refractivity contribution is 4.85. The smallest absolute Gasteiger partial charge is 0.100 e. The Hall–Kier alpha value is -0.0800. The van der Waals surface area contributed by atoms with Crippen LogP contribution < -0.4 is 5.32 Å². The van der Waals surface area contributed by atoms with Crippen molar-refractivity contribution in [1.29, 1.82) is 0 Å². The van der Waals surface area contributed by atoms with Crippen LogP contribution in [0.2, 0.25) is 0 Å². The SMILES string of the molecule is C[C](NC(C)(C)C)N(C)C. The maximum Gasteiger partial charge on any atom is 0.100 e. The second-order valence-electron chi connectivity index (χ2n) is 3.85. The van der Waals surface area contributed by atoms with Gasteiger partial charge in [0.15, 0.2) is 0 Å². The maximum absolute atomic E-state index is 3.36. The topological polar surface area (TPSA) is 15.3 Å². The van der Waals surface area contributed by atoms with Crippen LogP contribution in [0, 0.1) is 6.17 Å². The first-order valence-corrected chi connectivity index (χ1v) is 3.62. The molecular weight excluding hydrogens is 124 g/mol. The van der Waals surface area contributed by atoms with Crippen molar-refractivity contribution in [3.63, 3.8) is 0 Å². The van der Waals surface area contributed by atoms with E-state index in [1.54, 1.807) is 0 Å². The van der Waals surface area contributed by atoms with E-state index in [0.29, 0.717) is 0 Å². The van der Waals surface area contributed by atoms with Crippen molar-refractivity contribution < 1.29 is 0 Å². The third-order valence-electron chi connectivity index (χ3n) is 1.23. The lowest BCUT2D eigenvalue weighted by molar-refractivity contribution is 0.308. The lowest BCUT2D eigenvalue weighted by atomic mass is 10.1. The lowest BCUT2D eigenvalue weighted by Gasteiger charge is -2.29. The Labute approximate surface area is 64.6 Å². The molecule has 0 aromatic rings. The number of hydrogen-bond donors (Lipinski definition) is 1. The van der Waals surface area contributed by atoms with Crippen molar-refractivity contribution in [2.24, 2.45) is 0 Å². The van der Waals surface area contributed by atoms with Gasteiger partial charge in [-0.1, -0.05) is 0 Å². The third kappa shape index (κ3) is 4.77. The monoisotopic (exact) mass is 143 g/mol. The Bertz CT molecular complexity index is 91.9. The van der Waals surface area contributed by atoms with Gasteiger partial charge in [0.2, 0.25) is 0 Å². The first-order chi connectivity index (χ1) is 4.33. The molecule has 0 saturated carbocycles. The van der Waals surface area contributed by atoms with E-state index in [1.807, 2.05) is 14.1 Å². The van der Waals surface area contributed by atoms with Crippen LogP contribution in [0.4, 0.5) is 0 Å². The Morgan fingerprint density at radius 1 is 1.20 bits per heavy atom. The molecule has 2 nitrogen and oxygen atoms in total. The Kier molecular flexibility index (Phi) is 3.33. The summed E-state index contributed by atoms with van der Waals surface area (Å²) in [5, 5.41) is 3.36. The first kappa shape index (κ1) is 9.92. The van der Waals surface area contributed by atoms with Gasteiger partial charge in [-0.05, 0) is 41.8 Å². The average Bonchev–Trinajstić information content (AvgIpc) is 1.60. The Morgan fingerprint density at radius 3 is 1.70 bits per heavy atom. The molecule has 0 aliphatic rings. The highest BCUT2D eigenvalue weighted by Crippen LogP contribution is 2.06. The van der Waals surface area contributed by atoms with E-state index >= 15 is 0 Å². The Balaban J connectivity index is 3.68. The molecule has 0 heterocycles. The molecule has 10 heavy (non-hydrogen) atoms. The fraction of sp³-hybridized carbons (Fsp3) is 0.875. The van der Waals surface area contributed by atoms with Crippen LogP contribution in [-0.2, 0) is 0 Å². The van der Waals surface area contributed by atoms with Gasteiger partial charge in [0.05, 0.1) is 0 Å². The molecule has 0 spiro atoms. The van der Waals surface area contributed by atoms with Crippen LogP contribution in [0.25, 0.3) is 0 Å². The molecular formula is C8H19N2. The first-order valence-electron chi connectivity index (χ1n) is 3.62. The van der Waals surface area contributed by atoms with Crippen LogP contribution in [0.3, 0.4) is 0 Å². The van der Waals surface area contributed by atoms with E-state index in [2.05, 4.69) is 37.9 Å². The molecule has 0 atom stereocenters. The number of nitrogens with zero attached hydrogens (tertiary/aromatic N) is 1. The van der Waals surface area contributed by atoms with Gasteiger partial charge in [0, 0.05) is 5.54 Å². The van der Waals surface area contributed by atoms with Crippen molar-refractivity contribution in [2.75, 3.05) is 14.1 Å². The summed E-state index contributed by atoms with van der Waals surface area (Å²) in [5.41, 5.74) is 0.175. The molecule has 0 aliphatic carbocycles. The Morgan fingerprint density at radius 2 is 1.60 bits per heavy atom. The fourth-order valence-corrected chi connectivity index (χ4v) is 0.655. The van der Waals surface area contributed by atoms with Crippen LogP contribution in [0.15, 0.2) is 0 Å². The molecule has 61 valence electrons. The molecule has 0 aromatic heterocycles. The van der Waals surface area contributed by atoms with Crippen molar-refractivity contribution in [3.05, 3.63) is 6.17 Å². The van der Waals surface area contributed by atoms with E-state index in [0.717, 1.165) is 0 Å². The maximum atomic E-state index is 3.36. The molecule has 2 heteroatoms. The molecule has 0 bridgehead atoms. The zero-order chi connectivity index (χ0) is 8.36. The predicted molar refractivity (Wildman–Crippen MR) is 45.5 cm³/mol. The molecule has 0 amide bonds. The van der Waals surface area contributed by atoms with Gasteiger partial charge in [0.25, 0.3) is 0 Å². The van der Waals surface area contributed by atoms with Crippen molar-refractivity contribution in [3.8, 4) is 0 Å². The van der Waals surface area contributed by atoms with Crippen LogP contribution >= 0.6 is 0 Å². The highest BCUT2D eigenvalue weighted by Gasteiger charge is 2.14. The van der Waals surface area contributed by atoms with Gasteiger partial charge in [-0.3, -0.25) is 10.2 Å². The minimum atomic E-state index is 0.175. The van der Waals surface area contributed by atoms with Gasteiger partial charge in [-0.15, -0.1) is 0 Å². The molecule has 0 aromatic carbocycles. The highest BCUT2D eigenvalue weighted by atomic mass is 15.2. The normalized spacial score (nSPS) is 13.2. The van der Waals surface area contributed by atoms with Crippen molar-refractivity contribution >= 4 is 0 Å². The summed E-state index contributed by atoms with van der Waals surface area (Å²) in [5.74, 6) is 0. The largest absolute Gasteiger partial charge is 0.292 e. The lowest BCUT2D eigenvalue weighted by Crippen LogP contribution is -2.43. The van der Waals surface area contributed by atoms with Gasteiger partial charge in [-0.2, -0.15) is 0 Å². The minimum absolute atomic E-state index is 0.175. The van der Waals surface area contributed by atoms with Crippen LogP contribution in [0.5, 0.6) is 0 Å². The molecule has 1 radical (unpaired) electrons. The van der Waals surface area contributed by atoms with E-state index < -0.39 is 0 Å². The molecule has 0 aliphatic heterocycles. The zero-order valence-corrected chi connectivity index (χ0v) is 7.95. The standard InChI is InChI=1S/C8H19N2/c1-7(10(5)6)9-8(2,3)4/h9H,1-6H3. The second-order valence-corrected chi connectivity index (χ2v) is 3.85. The zero-order valence-electron chi connectivity index (χ0n) is 7.95. The summed E-state index contributed by atoms with van der Waals surface area (Å²) >= 11 is 0. The van der Waals surface area contributed by atoms with Gasteiger partial charge < -0.3 is 0 Å². The number of nitrogens with one attached hydrogen (secondary N) is 1. The van der Waals surface area contributed by atoms with Gasteiger partial charge in [0.1, 0.15) is 6.17 Å². The summed E-state index contributed by atoms with van der Waals surface area (Å²) < 4.78 is 0. The molecule has 0 rings (SSSR count). The van der Waals surface area contributed by atoms with Crippen LogP contribution in [0.1, 0.15) is 27.7 Å². The number of rotatable bonds is 2. The summed E-state index contributed by atoms with van der Waals surface area (Å²) in [6.07, 6.45) is 1.20. The summed E-state index contributed by atoms with van der Waals surface area (Å²) in [6.45, 7) is 8.53. The van der Waals surface area contributed by atoms with Gasteiger partial charge >= 0.3 is 0 Å². The van der Waals surface area contributed by atoms with E-state index in [-0.39, 0.29) is 5.54 Å². The fourth-order valence-electron chi connectivity index (χ4n) is 0.655. The summed E-state index contributed by atoms with van der Waals surface area (Å²) in [7, 11) is 4.07. The molecule has 0 unspecified atom stereocenters. The van der Waals surface area contributed by atoms with E-state index in [4.69, 9.17) is 0 Å². The predicted octanol–water partition coefficient (Wildman–Crippen LogP) is 1.45. The third-order valence-corrected chi connectivity index (χ3v) is 1.23. The summed E-state index contributed by atoms with van der Waals surface area (Å²) in [4.78, 5) is 2.07. The van der Waals surface area contributed by atoms with Crippen LogP contribution in [-0.4, -0.2) is 24.5 Å². The van der Waals surface area contributed by atoms with Crippen molar-refractivity contribution in [2.45, 2.75) is 33.2 Å². The van der Waals surface area contributed by atoms with Crippen molar-refractivity contribution in [1.82, 2.24) is 10.2 Å². The van der Waals surface area contributed by atoms with Gasteiger partial charge in [-0.25, -0.2) is 0 Å². The molecule has 0 saturated heterocycles. The molecule has 1 N–H and O–H groups in total. The van der Waals surface area contributed by atoms with E-state index in [9.17, 15) is 0 Å². The second kappa shape index (κ2) is 3.35. The quantitative estimate of drug-likeness (QED) is 0.629. The van der Waals surface area contributed by atoms with E-state index in [1.165, 1.54) is 6.17 Å². The molecule has 0 fully saturated rings. The average molecular weight is 143 g/mol. The summed E-state index contributed by atoms with van der Waals surface area (Å²) in [6, 6.07) is 0.